The molecule has 0 aliphatic rings. The molecule has 138 valence electrons. The predicted molar refractivity (Wildman–Crippen MR) is 106 cm³/mol. The maximum atomic E-state index is 12.5. The Morgan fingerprint density at radius 3 is 2.30 bits per heavy atom. The summed E-state index contributed by atoms with van der Waals surface area (Å²) in [4.78, 5) is 16.8. The third kappa shape index (κ3) is 4.68. The molecule has 27 heavy (non-hydrogen) atoms. The lowest BCUT2D eigenvalue weighted by Gasteiger charge is -2.10. The molecular formula is C20H18ClN3O3. The number of carbonyl (C=O) groups is 1. The summed E-state index contributed by atoms with van der Waals surface area (Å²) in [5.41, 5.74) is 1.74. The molecule has 3 aromatic rings. The van der Waals surface area contributed by atoms with Gasteiger partial charge in [0.1, 0.15) is 17.3 Å². The first-order chi connectivity index (χ1) is 13.1. The van der Waals surface area contributed by atoms with Crippen molar-refractivity contribution in [1.29, 1.82) is 0 Å². The van der Waals surface area contributed by atoms with Crippen molar-refractivity contribution in [2.45, 2.75) is 0 Å². The van der Waals surface area contributed by atoms with Gasteiger partial charge in [-0.05, 0) is 36.4 Å². The molecule has 7 heteroatoms. The molecule has 0 saturated carbocycles. The Balaban J connectivity index is 1.71. The lowest BCUT2D eigenvalue weighted by molar-refractivity contribution is 0.102. The summed E-state index contributed by atoms with van der Waals surface area (Å²) in [5.74, 6) is 1.40. The molecule has 0 aliphatic carbocycles. The van der Waals surface area contributed by atoms with Crippen LogP contribution < -0.4 is 20.1 Å². The zero-order valence-corrected chi connectivity index (χ0v) is 15.6. The summed E-state index contributed by atoms with van der Waals surface area (Å²) in [6.07, 6.45) is 1.56. The Kier molecular flexibility index (Phi) is 5.78. The van der Waals surface area contributed by atoms with Gasteiger partial charge in [-0.15, -0.1) is 0 Å². The number of hydrogen-bond donors (Lipinski definition) is 2. The molecular weight excluding hydrogens is 366 g/mol. The van der Waals surface area contributed by atoms with E-state index in [9.17, 15) is 4.79 Å². The first-order valence-electron chi connectivity index (χ1n) is 8.11. The van der Waals surface area contributed by atoms with Crippen molar-refractivity contribution in [3.05, 3.63) is 71.4 Å². The van der Waals surface area contributed by atoms with E-state index in [2.05, 4.69) is 15.6 Å². The second kappa shape index (κ2) is 8.42. The summed E-state index contributed by atoms with van der Waals surface area (Å²) >= 11 is 6.12. The monoisotopic (exact) mass is 383 g/mol. The zero-order valence-electron chi connectivity index (χ0n) is 14.8. The Hall–Kier alpha value is -3.25. The first kappa shape index (κ1) is 18.5. The van der Waals surface area contributed by atoms with Gasteiger partial charge in [-0.3, -0.25) is 4.79 Å². The van der Waals surface area contributed by atoms with E-state index in [1.165, 1.54) is 14.2 Å². The molecule has 2 N–H and O–H groups in total. The van der Waals surface area contributed by atoms with Crippen molar-refractivity contribution in [3.8, 4) is 11.5 Å². The molecule has 1 amide bonds. The largest absolute Gasteiger partial charge is 0.497 e. The number of nitrogens with one attached hydrogen (secondary N) is 2. The third-order valence-electron chi connectivity index (χ3n) is 3.77. The van der Waals surface area contributed by atoms with Gasteiger partial charge in [0.15, 0.2) is 0 Å². The fourth-order valence-corrected chi connectivity index (χ4v) is 2.57. The summed E-state index contributed by atoms with van der Waals surface area (Å²) in [6, 6.07) is 15.9. The van der Waals surface area contributed by atoms with Crippen molar-refractivity contribution in [2.75, 3.05) is 24.9 Å². The van der Waals surface area contributed by atoms with Crippen LogP contribution in [0.15, 0.2) is 60.8 Å². The van der Waals surface area contributed by atoms with E-state index in [0.29, 0.717) is 33.6 Å². The number of methoxy groups -OCH3 is 2. The smallest absolute Gasteiger partial charge is 0.255 e. The van der Waals surface area contributed by atoms with Crippen LogP contribution in [0.2, 0.25) is 5.02 Å². The highest BCUT2D eigenvalue weighted by atomic mass is 35.5. The highest BCUT2D eigenvalue weighted by molar-refractivity contribution is 6.33. The highest BCUT2D eigenvalue weighted by Crippen LogP contribution is 2.25. The number of anilines is 3. The van der Waals surface area contributed by atoms with Crippen LogP contribution in [0, 0.1) is 0 Å². The van der Waals surface area contributed by atoms with Gasteiger partial charge in [-0.1, -0.05) is 23.7 Å². The van der Waals surface area contributed by atoms with Crippen LogP contribution >= 0.6 is 11.6 Å². The van der Waals surface area contributed by atoms with Gasteiger partial charge in [0.05, 0.1) is 36.8 Å². The molecule has 0 spiro atoms. The number of halogens is 1. The van der Waals surface area contributed by atoms with Gasteiger partial charge in [0.25, 0.3) is 5.91 Å². The molecule has 0 aliphatic heterocycles. The van der Waals surface area contributed by atoms with Crippen molar-refractivity contribution in [3.63, 3.8) is 0 Å². The topological polar surface area (TPSA) is 72.5 Å². The Labute approximate surface area is 162 Å². The summed E-state index contributed by atoms with van der Waals surface area (Å²) in [7, 11) is 3.07. The van der Waals surface area contributed by atoms with E-state index in [4.69, 9.17) is 21.1 Å². The van der Waals surface area contributed by atoms with E-state index < -0.39 is 0 Å². The first-order valence-corrected chi connectivity index (χ1v) is 8.49. The lowest BCUT2D eigenvalue weighted by atomic mass is 10.2. The number of hydrogen-bond acceptors (Lipinski definition) is 5. The number of ether oxygens (including phenoxy) is 2. The molecule has 0 saturated heterocycles. The molecule has 1 aromatic heterocycles. The number of benzene rings is 2. The predicted octanol–water partition coefficient (Wildman–Crippen LogP) is 4.75. The van der Waals surface area contributed by atoms with Crippen molar-refractivity contribution >= 4 is 34.7 Å². The number of rotatable bonds is 6. The second-order valence-corrected chi connectivity index (χ2v) is 6.00. The summed E-state index contributed by atoms with van der Waals surface area (Å²) in [6.45, 7) is 0. The third-order valence-corrected chi connectivity index (χ3v) is 4.10. The molecule has 1 heterocycles. The minimum absolute atomic E-state index is 0.291. The molecule has 0 atom stereocenters. The number of carbonyl (C=O) groups excluding carboxylic acids is 1. The standard InChI is InChI=1S/C20H18ClN3O3/c1-26-15-9-13(10-16(11-15)27-2)20(25)23-14-7-8-19(22-12-14)24-18-6-4-3-5-17(18)21/h3-12H,1-2H3,(H,22,24)(H,23,25). The number of para-hydroxylation sites is 1. The minimum atomic E-state index is -0.291. The van der Waals surface area contributed by atoms with Crippen molar-refractivity contribution in [2.24, 2.45) is 0 Å². The van der Waals surface area contributed by atoms with E-state index in [-0.39, 0.29) is 5.91 Å². The van der Waals surface area contributed by atoms with Crippen LogP contribution in [-0.2, 0) is 0 Å². The maximum Gasteiger partial charge on any atom is 0.255 e. The van der Waals surface area contributed by atoms with Crippen LogP contribution in [0.25, 0.3) is 0 Å². The van der Waals surface area contributed by atoms with Gasteiger partial charge < -0.3 is 20.1 Å². The lowest BCUT2D eigenvalue weighted by Crippen LogP contribution is -2.12. The second-order valence-electron chi connectivity index (χ2n) is 5.59. The fourth-order valence-electron chi connectivity index (χ4n) is 2.38. The molecule has 0 bridgehead atoms. The molecule has 0 radical (unpaired) electrons. The molecule has 6 nitrogen and oxygen atoms in total. The van der Waals surface area contributed by atoms with Gasteiger partial charge >= 0.3 is 0 Å². The van der Waals surface area contributed by atoms with Crippen LogP contribution in [0.3, 0.4) is 0 Å². The van der Waals surface area contributed by atoms with Gasteiger partial charge in [0.2, 0.25) is 0 Å². The number of nitrogens with zero attached hydrogens (tertiary/aromatic N) is 1. The Morgan fingerprint density at radius 1 is 1.00 bits per heavy atom. The average molecular weight is 384 g/mol. The average Bonchev–Trinajstić information content (AvgIpc) is 2.70. The molecule has 2 aromatic carbocycles. The van der Waals surface area contributed by atoms with E-state index in [1.807, 2.05) is 18.2 Å². The van der Waals surface area contributed by atoms with Crippen molar-refractivity contribution in [1.82, 2.24) is 4.98 Å². The minimum Gasteiger partial charge on any atom is -0.497 e. The Morgan fingerprint density at radius 2 is 1.70 bits per heavy atom. The van der Waals surface area contributed by atoms with Crippen LogP contribution in [0.5, 0.6) is 11.5 Å². The molecule has 0 fully saturated rings. The van der Waals surface area contributed by atoms with E-state index >= 15 is 0 Å². The van der Waals surface area contributed by atoms with Crippen LogP contribution in [-0.4, -0.2) is 25.1 Å². The fraction of sp³-hybridized carbons (Fsp3) is 0.100. The van der Waals surface area contributed by atoms with Gasteiger partial charge in [0, 0.05) is 11.6 Å². The van der Waals surface area contributed by atoms with E-state index in [1.54, 1.807) is 42.6 Å². The zero-order chi connectivity index (χ0) is 19.2. The van der Waals surface area contributed by atoms with Crippen LogP contribution in [0.1, 0.15) is 10.4 Å². The summed E-state index contributed by atoms with van der Waals surface area (Å²) < 4.78 is 10.4. The van der Waals surface area contributed by atoms with E-state index in [0.717, 1.165) is 5.69 Å². The molecule has 3 rings (SSSR count). The van der Waals surface area contributed by atoms with Crippen LogP contribution in [0.4, 0.5) is 17.2 Å². The SMILES string of the molecule is COc1cc(OC)cc(C(=O)Nc2ccc(Nc3ccccc3Cl)nc2)c1. The quantitative estimate of drug-likeness (QED) is 0.642. The van der Waals surface area contributed by atoms with Gasteiger partial charge in [-0.25, -0.2) is 4.98 Å². The number of amides is 1. The number of pyridine rings is 1. The van der Waals surface area contributed by atoms with Gasteiger partial charge in [-0.2, -0.15) is 0 Å². The maximum absolute atomic E-state index is 12.5. The normalized spacial score (nSPS) is 10.2. The molecule has 0 unspecified atom stereocenters. The Bertz CT molecular complexity index is 923. The highest BCUT2D eigenvalue weighted by Gasteiger charge is 2.11. The summed E-state index contributed by atoms with van der Waals surface area (Å²) in [5, 5.41) is 6.52. The van der Waals surface area contributed by atoms with Crippen molar-refractivity contribution < 1.29 is 14.3 Å². The number of aromatic nitrogens is 1.